The summed E-state index contributed by atoms with van der Waals surface area (Å²) >= 11 is 0. The molecule has 32 heavy (non-hydrogen) atoms. The monoisotopic (exact) mass is 428 g/mol. The van der Waals surface area contributed by atoms with Gasteiger partial charge in [-0.05, 0) is 37.1 Å². The second-order valence-corrected chi connectivity index (χ2v) is 8.67. The molecule has 6 nitrogen and oxygen atoms in total. The van der Waals surface area contributed by atoms with Crippen LogP contribution in [-0.4, -0.2) is 46.0 Å². The van der Waals surface area contributed by atoms with Crippen molar-refractivity contribution in [1.82, 2.24) is 20.0 Å². The topological polar surface area (TPSA) is 65.4 Å². The van der Waals surface area contributed by atoms with Crippen LogP contribution in [-0.2, 0) is 13.1 Å². The second-order valence-electron chi connectivity index (χ2n) is 8.67. The first-order valence-electron chi connectivity index (χ1n) is 11.2. The van der Waals surface area contributed by atoms with Crippen LogP contribution in [0.2, 0.25) is 0 Å². The maximum absolute atomic E-state index is 13.2. The molecule has 4 aromatic rings. The summed E-state index contributed by atoms with van der Waals surface area (Å²) in [6.07, 6.45) is 3.80. The Bertz CT molecular complexity index is 1160. The molecule has 0 aliphatic carbocycles. The number of para-hydroxylation sites is 1. The summed E-state index contributed by atoms with van der Waals surface area (Å²) in [7, 11) is 1.85. The zero-order chi connectivity index (χ0) is 21.9. The molecule has 1 amide bonds. The number of carbonyl (C=O) groups is 1. The van der Waals surface area contributed by atoms with E-state index in [0.29, 0.717) is 12.1 Å². The average Bonchev–Trinajstić information content (AvgIpc) is 3.46. The number of H-pyrrole nitrogens is 1. The van der Waals surface area contributed by atoms with Crippen molar-refractivity contribution < 1.29 is 9.21 Å². The van der Waals surface area contributed by atoms with Gasteiger partial charge in [-0.25, -0.2) is 0 Å². The van der Waals surface area contributed by atoms with E-state index in [2.05, 4.69) is 27.2 Å². The van der Waals surface area contributed by atoms with Gasteiger partial charge < -0.3 is 9.32 Å². The lowest BCUT2D eigenvalue weighted by Gasteiger charge is -2.32. The standard InChI is InChI=1S/C26H28N4O2/c1-29(16-19-8-3-2-4-9-19)26(31)23-15-27-28-25(23)21-11-7-13-30(17-21)18-22-14-20-10-5-6-12-24(20)32-22/h2-6,8-10,12,14-15,21H,7,11,13,16-18H2,1H3,(H,27,28)/t21-/m1/s1. The highest BCUT2D eigenvalue weighted by Gasteiger charge is 2.28. The van der Waals surface area contributed by atoms with Crippen LogP contribution in [0.1, 0.15) is 46.1 Å². The number of carbonyl (C=O) groups excluding carboxylic acids is 1. The number of likely N-dealkylation sites (tertiary alicyclic amines) is 1. The van der Waals surface area contributed by atoms with Crippen molar-refractivity contribution >= 4 is 16.9 Å². The van der Waals surface area contributed by atoms with E-state index in [1.54, 1.807) is 11.1 Å². The van der Waals surface area contributed by atoms with Crippen LogP contribution in [0.3, 0.4) is 0 Å². The van der Waals surface area contributed by atoms with Crippen molar-refractivity contribution in [2.24, 2.45) is 0 Å². The number of hydrogen-bond acceptors (Lipinski definition) is 4. The Hall–Kier alpha value is -3.38. The first kappa shape index (κ1) is 20.5. The highest BCUT2D eigenvalue weighted by atomic mass is 16.3. The largest absolute Gasteiger partial charge is 0.460 e. The minimum atomic E-state index is 0.00649. The molecule has 0 unspecified atom stereocenters. The molecule has 0 bridgehead atoms. The molecule has 0 saturated carbocycles. The molecule has 1 aliphatic rings. The third kappa shape index (κ3) is 4.32. The molecular formula is C26H28N4O2. The van der Waals surface area contributed by atoms with E-state index in [4.69, 9.17) is 4.42 Å². The van der Waals surface area contributed by atoms with Crippen LogP contribution >= 0.6 is 0 Å². The summed E-state index contributed by atoms with van der Waals surface area (Å²) in [5, 5.41) is 8.51. The van der Waals surface area contributed by atoms with Gasteiger partial charge in [0.15, 0.2) is 0 Å². The van der Waals surface area contributed by atoms with Crippen LogP contribution in [0.15, 0.2) is 71.3 Å². The lowest BCUT2D eigenvalue weighted by Crippen LogP contribution is -2.35. The molecule has 6 heteroatoms. The fraction of sp³-hybridized carbons (Fsp3) is 0.308. The number of benzene rings is 2. The van der Waals surface area contributed by atoms with E-state index < -0.39 is 0 Å². The van der Waals surface area contributed by atoms with E-state index >= 15 is 0 Å². The second kappa shape index (κ2) is 9.01. The molecular weight excluding hydrogens is 400 g/mol. The summed E-state index contributed by atoms with van der Waals surface area (Å²) < 4.78 is 6.02. The fourth-order valence-electron chi connectivity index (χ4n) is 4.68. The van der Waals surface area contributed by atoms with Crippen molar-refractivity contribution in [3.63, 3.8) is 0 Å². The van der Waals surface area contributed by atoms with Crippen LogP contribution < -0.4 is 0 Å². The van der Waals surface area contributed by atoms with Crippen LogP contribution in [0.5, 0.6) is 0 Å². The minimum Gasteiger partial charge on any atom is -0.460 e. The Balaban J connectivity index is 1.28. The van der Waals surface area contributed by atoms with Gasteiger partial charge in [-0.1, -0.05) is 48.5 Å². The molecule has 1 atom stereocenters. The highest BCUT2D eigenvalue weighted by Crippen LogP contribution is 2.30. The summed E-state index contributed by atoms with van der Waals surface area (Å²) in [5.74, 6) is 1.24. The molecule has 0 spiro atoms. The number of hydrogen-bond donors (Lipinski definition) is 1. The molecule has 2 aromatic carbocycles. The maximum atomic E-state index is 13.2. The Labute approximate surface area is 187 Å². The van der Waals surface area contributed by atoms with Crippen molar-refractivity contribution in [2.45, 2.75) is 31.8 Å². The molecule has 5 rings (SSSR count). The Kier molecular flexibility index (Phi) is 5.77. The fourth-order valence-corrected chi connectivity index (χ4v) is 4.68. The predicted octanol–water partition coefficient (Wildman–Crippen LogP) is 4.81. The Morgan fingerprint density at radius 3 is 2.84 bits per heavy atom. The van der Waals surface area contributed by atoms with Crippen molar-refractivity contribution in [3.05, 3.63) is 89.4 Å². The van der Waals surface area contributed by atoms with Gasteiger partial charge in [-0.15, -0.1) is 0 Å². The molecule has 1 fully saturated rings. The van der Waals surface area contributed by atoms with E-state index in [1.807, 2.05) is 55.6 Å². The van der Waals surface area contributed by atoms with E-state index in [9.17, 15) is 4.79 Å². The smallest absolute Gasteiger partial charge is 0.257 e. The van der Waals surface area contributed by atoms with Crippen molar-refractivity contribution in [1.29, 1.82) is 0 Å². The van der Waals surface area contributed by atoms with E-state index in [1.165, 1.54) is 0 Å². The number of nitrogens with one attached hydrogen (secondary N) is 1. The number of aromatic amines is 1. The Morgan fingerprint density at radius 1 is 1.19 bits per heavy atom. The molecule has 1 aliphatic heterocycles. The van der Waals surface area contributed by atoms with E-state index in [-0.39, 0.29) is 11.8 Å². The predicted molar refractivity (Wildman–Crippen MR) is 124 cm³/mol. The molecule has 0 radical (unpaired) electrons. The Morgan fingerprint density at radius 2 is 2.00 bits per heavy atom. The normalized spacial score (nSPS) is 17.0. The van der Waals surface area contributed by atoms with E-state index in [0.717, 1.165) is 60.5 Å². The molecule has 3 heterocycles. The summed E-state index contributed by atoms with van der Waals surface area (Å²) in [5.41, 5.74) is 3.67. The first-order chi connectivity index (χ1) is 15.7. The number of rotatable bonds is 6. The summed E-state index contributed by atoms with van der Waals surface area (Å²) in [6, 6.07) is 20.3. The third-order valence-corrected chi connectivity index (χ3v) is 6.28. The zero-order valence-electron chi connectivity index (χ0n) is 18.3. The number of furan rings is 1. The molecule has 1 saturated heterocycles. The SMILES string of the molecule is CN(Cc1ccccc1)C(=O)c1cn[nH]c1[C@@H]1CCCN(Cc2cc3ccccc3o2)C1. The van der Waals surface area contributed by atoms with Crippen molar-refractivity contribution in [2.75, 3.05) is 20.1 Å². The lowest BCUT2D eigenvalue weighted by atomic mass is 9.92. The minimum absolute atomic E-state index is 0.00649. The quantitative estimate of drug-likeness (QED) is 0.479. The summed E-state index contributed by atoms with van der Waals surface area (Å²) in [6.45, 7) is 3.25. The number of nitrogens with zero attached hydrogens (tertiary/aromatic N) is 3. The van der Waals surface area contributed by atoms with Crippen LogP contribution in [0.4, 0.5) is 0 Å². The number of amides is 1. The lowest BCUT2D eigenvalue weighted by molar-refractivity contribution is 0.0782. The van der Waals surface area contributed by atoms with Gasteiger partial charge in [-0.2, -0.15) is 5.10 Å². The van der Waals surface area contributed by atoms with Gasteiger partial charge in [0.1, 0.15) is 11.3 Å². The third-order valence-electron chi connectivity index (χ3n) is 6.28. The average molecular weight is 429 g/mol. The molecule has 1 N–H and O–H groups in total. The van der Waals surface area contributed by atoms with Gasteiger partial charge in [0, 0.05) is 31.4 Å². The van der Waals surface area contributed by atoms with Gasteiger partial charge >= 0.3 is 0 Å². The molecule has 2 aromatic heterocycles. The van der Waals surface area contributed by atoms with Crippen LogP contribution in [0, 0.1) is 0 Å². The summed E-state index contributed by atoms with van der Waals surface area (Å²) in [4.78, 5) is 17.4. The van der Waals surface area contributed by atoms with Gasteiger partial charge in [0.2, 0.25) is 0 Å². The highest BCUT2D eigenvalue weighted by molar-refractivity contribution is 5.95. The zero-order valence-corrected chi connectivity index (χ0v) is 18.3. The number of piperidine rings is 1. The number of aromatic nitrogens is 2. The van der Waals surface area contributed by atoms with Crippen LogP contribution in [0.25, 0.3) is 11.0 Å². The van der Waals surface area contributed by atoms with Gasteiger partial charge in [0.05, 0.1) is 24.0 Å². The van der Waals surface area contributed by atoms with Gasteiger partial charge in [0.25, 0.3) is 5.91 Å². The van der Waals surface area contributed by atoms with Gasteiger partial charge in [-0.3, -0.25) is 14.8 Å². The first-order valence-corrected chi connectivity index (χ1v) is 11.2. The molecule has 164 valence electrons. The number of fused-ring (bicyclic) bond motifs is 1. The van der Waals surface area contributed by atoms with Crippen molar-refractivity contribution in [3.8, 4) is 0 Å². The maximum Gasteiger partial charge on any atom is 0.257 e.